The van der Waals surface area contributed by atoms with Crippen molar-refractivity contribution in [3.63, 3.8) is 0 Å². The molecule has 6 heteroatoms. The fourth-order valence-electron chi connectivity index (χ4n) is 6.85. The third kappa shape index (κ3) is 47.6. The molecule has 0 aliphatic heterocycles. The van der Waals surface area contributed by atoms with Crippen LogP contribution in [0.1, 0.15) is 233 Å². The van der Waals surface area contributed by atoms with Crippen LogP contribution in [0.25, 0.3) is 0 Å². The predicted octanol–water partition coefficient (Wildman–Crippen LogP) is 16.8. The van der Waals surface area contributed by atoms with Gasteiger partial charge >= 0.3 is 17.9 Å². The van der Waals surface area contributed by atoms with Crippen molar-refractivity contribution in [1.29, 1.82) is 0 Å². The minimum absolute atomic E-state index is 0.100. The first-order chi connectivity index (χ1) is 30.5. The zero-order valence-electron chi connectivity index (χ0n) is 40.4. The Morgan fingerprint density at radius 2 is 0.661 bits per heavy atom. The highest BCUT2D eigenvalue weighted by atomic mass is 16.6. The van der Waals surface area contributed by atoms with Crippen LogP contribution in [0.15, 0.2) is 85.1 Å². The van der Waals surface area contributed by atoms with Gasteiger partial charge < -0.3 is 14.2 Å². The van der Waals surface area contributed by atoms with Crippen LogP contribution in [-0.2, 0) is 28.6 Å². The molecular formula is C56H94O6. The van der Waals surface area contributed by atoms with Gasteiger partial charge in [-0.25, -0.2) is 0 Å². The van der Waals surface area contributed by atoms with E-state index in [0.29, 0.717) is 19.3 Å². The minimum Gasteiger partial charge on any atom is -0.462 e. The van der Waals surface area contributed by atoms with Crippen molar-refractivity contribution in [1.82, 2.24) is 0 Å². The van der Waals surface area contributed by atoms with E-state index in [0.717, 1.165) is 83.5 Å². The van der Waals surface area contributed by atoms with Crippen molar-refractivity contribution >= 4 is 17.9 Å². The molecule has 0 aromatic rings. The van der Waals surface area contributed by atoms with E-state index < -0.39 is 6.10 Å². The summed E-state index contributed by atoms with van der Waals surface area (Å²) in [5.74, 6) is -0.963. The molecule has 0 rings (SSSR count). The van der Waals surface area contributed by atoms with Crippen molar-refractivity contribution < 1.29 is 28.6 Å². The maximum Gasteiger partial charge on any atom is 0.306 e. The maximum absolute atomic E-state index is 12.8. The number of ether oxygens (including phenoxy) is 3. The molecule has 0 radical (unpaired) electrons. The Hall–Kier alpha value is -3.41. The van der Waals surface area contributed by atoms with Crippen molar-refractivity contribution in [2.45, 2.75) is 239 Å². The predicted molar refractivity (Wildman–Crippen MR) is 265 cm³/mol. The number of allylic oxidation sites excluding steroid dienone is 14. The van der Waals surface area contributed by atoms with Gasteiger partial charge in [0.25, 0.3) is 0 Å². The fraction of sp³-hybridized carbons (Fsp3) is 0.696. The van der Waals surface area contributed by atoms with E-state index in [1.807, 2.05) is 48.6 Å². The number of esters is 3. The Morgan fingerprint density at radius 1 is 0.339 bits per heavy atom. The monoisotopic (exact) mass is 863 g/mol. The summed E-state index contributed by atoms with van der Waals surface area (Å²) in [6.45, 7) is 6.40. The molecule has 0 aliphatic carbocycles. The standard InChI is InChI=1S/C56H94O6/c1-4-7-10-13-16-19-22-24-26-27-28-29-31-32-34-37-40-43-46-49-55(58)61-52-53(51-60-54(57)48-45-42-39-36-21-18-15-12-9-6-3)62-56(59)50-47-44-41-38-35-33-30-25-23-20-17-14-11-8-5-2/h8,11,14-15,17-18,20,23,25,27-28,30,33,35,53H,4-7,9-10,12-13,16,19,21-22,24,26,29,31-32,34,36-52H2,1-3H3/b11-8-,17-14-,18-15-,23-20-,28-27-,30-25-,35-33-. The molecule has 0 N–H and O–H groups in total. The molecule has 0 bridgehead atoms. The van der Waals surface area contributed by atoms with E-state index in [9.17, 15) is 14.4 Å². The lowest BCUT2D eigenvalue weighted by atomic mass is 10.1. The van der Waals surface area contributed by atoms with Gasteiger partial charge in [0.2, 0.25) is 0 Å². The molecule has 0 heterocycles. The second-order valence-electron chi connectivity index (χ2n) is 16.8. The lowest BCUT2D eigenvalue weighted by molar-refractivity contribution is -0.167. The topological polar surface area (TPSA) is 78.9 Å². The summed E-state index contributed by atoms with van der Waals surface area (Å²) in [4.78, 5) is 37.9. The molecule has 0 spiro atoms. The van der Waals surface area contributed by atoms with E-state index >= 15 is 0 Å². The van der Waals surface area contributed by atoms with Crippen LogP contribution in [0.5, 0.6) is 0 Å². The molecule has 354 valence electrons. The average molecular weight is 863 g/mol. The second kappa shape index (κ2) is 50.2. The van der Waals surface area contributed by atoms with Crippen LogP contribution in [-0.4, -0.2) is 37.2 Å². The normalized spacial score (nSPS) is 12.8. The second-order valence-corrected chi connectivity index (χ2v) is 16.8. The minimum atomic E-state index is -0.804. The summed E-state index contributed by atoms with van der Waals surface area (Å²) < 4.78 is 16.7. The van der Waals surface area contributed by atoms with Crippen molar-refractivity contribution in [3.05, 3.63) is 85.1 Å². The Kier molecular flexibility index (Phi) is 47.5. The summed E-state index contributed by atoms with van der Waals surface area (Å²) in [7, 11) is 0. The lowest BCUT2D eigenvalue weighted by Gasteiger charge is -2.18. The Morgan fingerprint density at radius 3 is 1.10 bits per heavy atom. The molecule has 0 saturated heterocycles. The Labute approximate surface area is 382 Å². The lowest BCUT2D eigenvalue weighted by Crippen LogP contribution is -2.30. The van der Waals surface area contributed by atoms with E-state index in [4.69, 9.17) is 14.2 Å². The molecule has 1 unspecified atom stereocenters. The van der Waals surface area contributed by atoms with Gasteiger partial charge in [-0.05, 0) is 83.5 Å². The molecule has 6 nitrogen and oxygen atoms in total. The van der Waals surface area contributed by atoms with Gasteiger partial charge in [-0.3, -0.25) is 14.4 Å². The highest BCUT2D eigenvalue weighted by molar-refractivity contribution is 5.71. The first-order valence-electron chi connectivity index (χ1n) is 25.7. The van der Waals surface area contributed by atoms with Gasteiger partial charge in [0, 0.05) is 19.3 Å². The van der Waals surface area contributed by atoms with Gasteiger partial charge in [0.15, 0.2) is 6.10 Å². The number of hydrogen-bond acceptors (Lipinski definition) is 6. The molecule has 0 aliphatic rings. The molecule has 0 aromatic heterocycles. The third-order valence-corrected chi connectivity index (χ3v) is 10.7. The van der Waals surface area contributed by atoms with Gasteiger partial charge in [-0.15, -0.1) is 0 Å². The molecule has 62 heavy (non-hydrogen) atoms. The van der Waals surface area contributed by atoms with Gasteiger partial charge in [-0.1, -0.05) is 215 Å². The van der Waals surface area contributed by atoms with Crippen molar-refractivity contribution in [2.75, 3.05) is 13.2 Å². The van der Waals surface area contributed by atoms with E-state index in [1.165, 1.54) is 103 Å². The van der Waals surface area contributed by atoms with Gasteiger partial charge in [0.05, 0.1) is 0 Å². The van der Waals surface area contributed by atoms with E-state index in [1.54, 1.807) is 0 Å². The number of carbonyl (C=O) groups excluding carboxylic acids is 3. The average Bonchev–Trinajstić information content (AvgIpc) is 3.27. The fourth-order valence-corrected chi connectivity index (χ4v) is 6.85. The summed E-state index contributed by atoms with van der Waals surface area (Å²) in [5, 5.41) is 0. The molecule has 0 amide bonds. The van der Waals surface area contributed by atoms with Crippen molar-refractivity contribution in [2.24, 2.45) is 0 Å². The number of hydrogen-bond donors (Lipinski definition) is 0. The van der Waals surface area contributed by atoms with Gasteiger partial charge in [-0.2, -0.15) is 0 Å². The zero-order valence-corrected chi connectivity index (χ0v) is 40.4. The summed E-state index contributed by atoms with van der Waals surface area (Å²) >= 11 is 0. The number of unbranched alkanes of at least 4 members (excludes halogenated alkanes) is 24. The molecule has 1 atom stereocenters. The molecule has 0 saturated carbocycles. The SMILES string of the molecule is CC\C=C/C=C\C=C/C=C\C=C/CCCCCC(=O)OC(COC(=O)CCCCCC/C=C\CCCC)COC(=O)CCCCCCCCC/C=C\CCCCCCCCCC. The van der Waals surface area contributed by atoms with Crippen LogP contribution >= 0.6 is 0 Å². The Bertz CT molecular complexity index is 1220. The van der Waals surface area contributed by atoms with Crippen LogP contribution in [0.2, 0.25) is 0 Å². The number of carbonyl (C=O) groups is 3. The summed E-state index contributed by atoms with van der Waals surface area (Å²) in [6, 6.07) is 0. The largest absolute Gasteiger partial charge is 0.462 e. The smallest absolute Gasteiger partial charge is 0.306 e. The van der Waals surface area contributed by atoms with Crippen LogP contribution in [0.3, 0.4) is 0 Å². The molecule has 0 aromatic carbocycles. The van der Waals surface area contributed by atoms with E-state index in [2.05, 4.69) is 57.2 Å². The van der Waals surface area contributed by atoms with E-state index in [-0.39, 0.29) is 37.5 Å². The molecular weight excluding hydrogens is 769 g/mol. The Balaban J connectivity index is 4.41. The summed E-state index contributed by atoms with van der Waals surface area (Å²) in [5.41, 5.74) is 0. The maximum atomic E-state index is 12.8. The highest BCUT2D eigenvalue weighted by Crippen LogP contribution is 2.14. The van der Waals surface area contributed by atoms with Gasteiger partial charge in [0.1, 0.15) is 13.2 Å². The zero-order chi connectivity index (χ0) is 45.1. The van der Waals surface area contributed by atoms with Crippen LogP contribution in [0.4, 0.5) is 0 Å². The van der Waals surface area contributed by atoms with Crippen molar-refractivity contribution in [3.8, 4) is 0 Å². The van der Waals surface area contributed by atoms with Crippen LogP contribution < -0.4 is 0 Å². The molecule has 0 fully saturated rings. The highest BCUT2D eigenvalue weighted by Gasteiger charge is 2.19. The summed E-state index contributed by atoms with van der Waals surface area (Å²) in [6.07, 6.45) is 64.3. The first-order valence-corrected chi connectivity index (χ1v) is 25.7. The third-order valence-electron chi connectivity index (χ3n) is 10.7. The quantitative estimate of drug-likeness (QED) is 0.0199. The van der Waals surface area contributed by atoms with Crippen LogP contribution in [0, 0.1) is 0 Å². The number of rotatable bonds is 45. The first kappa shape index (κ1) is 58.6.